The molecule has 0 aliphatic heterocycles. The van der Waals surface area contributed by atoms with E-state index in [1.54, 1.807) is 43.3 Å². The standard InChI is InChI=1S/C22H18F3NO2.C2H6/c1-3-14(4-2)21(28,15-8-6-5-7-9-15)16-10-11-19-17(12-16)18(22(23,24)25)13-20(27)26-19;1-2/h3-13,28H,1H2,2H3,(H,26,27);1-2H3/b14-4+;. The van der Waals surface area contributed by atoms with E-state index in [4.69, 9.17) is 0 Å². The molecule has 30 heavy (non-hydrogen) atoms. The molecule has 0 fully saturated rings. The van der Waals surface area contributed by atoms with Gasteiger partial charge in [-0.2, -0.15) is 13.2 Å². The van der Waals surface area contributed by atoms with Crippen molar-refractivity contribution in [1.82, 2.24) is 4.98 Å². The summed E-state index contributed by atoms with van der Waals surface area (Å²) in [4.78, 5) is 14.0. The predicted molar refractivity (Wildman–Crippen MR) is 114 cm³/mol. The number of benzene rings is 2. The third-order valence-electron chi connectivity index (χ3n) is 4.71. The van der Waals surface area contributed by atoms with E-state index in [9.17, 15) is 23.1 Å². The average molecular weight is 415 g/mol. The second-order valence-corrected chi connectivity index (χ2v) is 6.33. The Kier molecular flexibility index (Phi) is 7.05. The fourth-order valence-corrected chi connectivity index (χ4v) is 3.37. The predicted octanol–water partition coefficient (Wildman–Crippen LogP) is 5.94. The molecule has 3 aromatic rings. The van der Waals surface area contributed by atoms with Crippen LogP contribution in [0.4, 0.5) is 13.2 Å². The quantitative estimate of drug-likeness (QED) is 0.518. The number of aromatic amines is 1. The number of H-pyrrole nitrogens is 1. The van der Waals surface area contributed by atoms with Crippen molar-refractivity contribution in [2.45, 2.75) is 32.5 Å². The van der Waals surface area contributed by atoms with Crippen molar-refractivity contribution < 1.29 is 18.3 Å². The zero-order chi connectivity index (χ0) is 22.5. The highest BCUT2D eigenvalue weighted by atomic mass is 19.4. The van der Waals surface area contributed by atoms with Gasteiger partial charge in [-0.15, -0.1) is 0 Å². The van der Waals surface area contributed by atoms with E-state index in [1.807, 2.05) is 13.8 Å². The molecule has 0 radical (unpaired) electrons. The van der Waals surface area contributed by atoms with Gasteiger partial charge in [-0.3, -0.25) is 4.79 Å². The topological polar surface area (TPSA) is 53.1 Å². The number of pyridine rings is 1. The second-order valence-electron chi connectivity index (χ2n) is 6.33. The molecule has 1 atom stereocenters. The number of aromatic nitrogens is 1. The molecule has 0 saturated heterocycles. The molecule has 0 amide bonds. The fraction of sp³-hybridized carbons (Fsp3) is 0.208. The Morgan fingerprint density at radius 3 is 2.20 bits per heavy atom. The molecular formula is C24H24F3NO2. The lowest BCUT2D eigenvalue weighted by Gasteiger charge is -2.31. The number of halogens is 3. The number of nitrogens with one attached hydrogen (secondary N) is 1. The van der Waals surface area contributed by atoms with Crippen molar-refractivity contribution in [2.24, 2.45) is 0 Å². The Morgan fingerprint density at radius 1 is 1.03 bits per heavy atom. The second kappa shape index (κ2) is 9.13. The highest BCUT2D eigenvalue weighted by Crippen LogP contribution is 2.40. The van der Waals surface area contributed by atoms with Crippen molar-refractivity contribution in [2.75, 3.05) is 0 Å². The average Bonchev–Trinajstić information content (AvgIpc) is 2.74. The smallest absolute Gasteiger partial charge is 0.376 e. The van der Waals surface area contributed by atoms with Crippen molar-refractivity contribution in [3.63, 3.8) is 0 Å². The molecular weight excluding hydrogens is 391 g/mol. The Labute approximate surface area is 173 Å². The molecule has 0 aliphatic carbocycles. The SMILES string of the molecule is C=C/C(=C\C)C(O)(c1ccccc1)c1ccc2[nH]c(=O)cc(C(F)(F)F)c2c1.CC. The molecule has 2 N–H and O–H groups in total. The van der Waals surface area contributed by atoms with Crippen LogP contribution in [0.2, 0.25) is 0 Å². The van der Waals surface area contributed by atoms with Crippen LogP contribution in [0.5, 0.6) is 0 Å². The summed E-state index contributed by atoms with van der Waals surface area (Å²) in [6.45, 7) is 9.44. The molecule has 0 saturated carbocycles. The Hall–Kier alpha value is -3.12. The fourth-order valence-electron chi connectivity index (χ4n) is 3.37. The van der Waals surface area contributed by atoms with E-state index in [0.717, 1.165) is 0 Å². The van der Waals surface area contributed by atoms with Crippen molar-refractivity contribution >= 4 is 10.9 Å². The summed E-state index contributed by atoms with van der Waals surface area (Å²) in [6.07, 6.45) is -1.59. The van der Waals surface area contributed by atoms with E-state index in [0.29, 0.717) is 17.2 Å². The van der Waals surface area contributed by atoms with Gasteiger partial charge in [0.2, 0.25) is 5.56 Å². The monoisotopic (exact) mass is 415 g/mol. The van der Waals surface area contributed by atoms with E-state index in [-0.39, 0.29) is 16.5 Å². The molecule has 0 bridgehead atoms. The number of rotatable bonds is 4. The lowest BCUT2D eigenvalue weighted by atomic mass is 9.79. The van der Waals surface area contributed by atoms with Crippen LogP contribution in [0.3, 0.4) is 0 Å². The van der Waals surface area contributed by atoms with Crippen LogP contribution in [-0.4, -0.2) is 10.1 Å². The van der Waals surface area contributed by atoms with Gasteiger partial charge in [0.15, 0.2) is 0 Å². The first-order chi connectivity index (χ1) is 14.2. The highest BCUT2D eigenvalue weighted by Gasteiger charge is 2.37. The van der Waals surface area contributed by atoms with E-state index >= 15 is 0 Å². The summed E-state index contributed by atoms with van der Waals surface area (Å²) in [5, 5.41) is 11.4. The molecule has 1 aromatic heterocycles. The van der Waals surface area contributed by atoms with E-state index in [2.05, 4.69) is 11.6 Å². The van der Waals surface area contributed by atoms with Gasteiger partial charge in [0.25, 0.3) is 0 Å². The minimum atomic E-state index is -4.71. The first-order valence-corrected chi connectivity index (χ1v) is 9.53. The molecule has 3 rings (SSSR count). The first-order valence-electron chi connectivity index (χ1n) is 9.53. The summed E-state index contributed by atoms with van der Waals surface area (Å²) in [5.74, 6) is 0. The first kappa shape index (κ1) is 23.2. The van der Waals surface area contributed by atoms with Gasteiger partial charge in [-0.1, -0.05) is 69.0 Å². The summed E-state index contributed by atoms with van der Waals surface area (Å²) in [5.41, 5.74) is -2.41. The zero-order valence-corrected chi connectivity index (χ0v) is 17.0. The largest absolute Gasteiger partial charge is 0.417 e. The van der Waals surface area contributed by atoms with E-state index in [1.165, 1.54) is 24.3 Å². The Balaban J connectivity index is 0.00000155. The van der Waals surface area contributed by atoms with Crippen LogP contribution in [0.15, 0.2) is 83.7 Å². The van der Waals surface area contributed by atoms with Gasteiger partial charge in [-0.25, -0.2) is 0 Å². The maximum atomic E-state index is 13.5. The van der Waals surface area contributed by atoms with Crippen molar-refractivity contribution in [3.8, 4) is 0 Å². The number of fused-ring (bicyclic) bond motifs is 1. The minimum Gasteiger partial charge on any atom is -0.376 e. The molecule has 0 spiro atoms. The summed E-state index contributed by atoms with van der Waals surface area (Å²) in [7, 11) is 0. The van der Waals surface area contributed by atoms with Gasteiger partial charge in [0.05, 0.1) is 5.56 Å². The van der Waals surface area contributed by atoms with Gasteiger partial charge in [0.1, 0.15) is 5.60 Å². The summed E-state index contributed by atoms with van der Waals surface area (Å²) in [6, 6.07) is 13.3. The molecule has 3 nitrogen and oxygen atoms in total. The minimum absolute atomic E-state index is 0.0413. The summed E-state index contributed by atoms with van der Waals surface area (Å²) >= 11 is 0. The van der Waals surface area contributed by atoms with Gasteiger partial charge in [0, 0.05) is 17.0 Å². The van der Waals surface area contributed by atoms with Gasteiger partial charge >= 0.3 is 6.18 Å². The van der Waals surface area contributed by atoms with Gasteiger partial charge < -0.3 is 10.1 Å². The third kappa shape index (κ3) is 4.24. The molecule has 1 unspecified atom stereocenters. The maximum Gasteiger partial charge on any atom is 0.417 e. The van der Waals surface area contributed by atoms with Crippen LogP contribution in [0, 0.1) is 0 Å². The zero-order valence-electron chi connectivity index (χ0n) is 17.0. The third-order valence-corrected chi connectivity index (χ3v) is 4.71. The van der Waals surface area contributed by atoms with Crippen LogP contribution < -0.4 is 5.56 Å². The van der Waals surface area contributed by atoms with E-state index < -0.39 is 22.9 Å². The van der Waals surface area contributed by atoms with Crippen molar-refractivity contribution in [1.29, 1.82) is 0 Å². The molecule has 1 heterocycles. The number of allylic oxidation sites excluding steroid dienone is 1. The molecule has 158 valence electrons. The molecule has 2 aromatic carbocycles. The number of aliphatic hydroxyl groups is 1. The van der Waals surface area contributed by atoms with Crippen molar-refractivity contribution in [3.05, 3.63) is 106 Å². The van der Waals surface area contributed by atoms with Crippen LogP contribution in [0.25, 0.3) is 10.9 Å². The number of hydrogen-bond acceptors (Lipinski definition) is 2. The number of hydrogen-bond donors (Lipinski definition) is 2. The lowest BCUT2D eigenvalue weighted by molar-refractivity contribution is -0.136. The Bertz CT molecular complexity index is 1110. The van der Waals surface area contributed by atoms with Crippen LogP contribution in [-0.2, 0) is 11.8 Å². The maximum absolute atomic E-state index is 13.5. The Morgan fingerprint density at radius 2 is 1.67 bits per heavy atom. The van der Waals surface area contributed by atoms with Gasteiger partial charge in [-0.05, 0) is 35.8 Å². The highest BCUT2D eigenvalue weighted by molar-refractivity contribution is 5.84. The molecule has 6 heteroatoms. The van der Waals surface area contributed by atoms with Crippen LogP contribution >= 0.6 is 0 Å². The molecule has 0 aliphatic rings. The summed E-state index contributed by atoms with van der Waals surface area (Å²) < 4.78 is 40.5. The lowest BCUT2D eigenvalue weighted by Crippen LogP contribution is -2.29. The number of alkyl halides is 3. The van der Waals surface area contributed by atoms with Crippen LogP contribution in [0.1, 0.15) is 37.5 Å². The normalized spacial score (nSPS) is 13.9.